The number of aliphatic hydroxyl groups excluding tert-OH is 2. The lowest BCUT2D eigenvalue weighted by atomic mass is 10.3. The van der Waals surface area contributed by atoms with Crippen LogP contribution in [0.25, 0.3) is 0 Å². The summed E-state index contributed by atoms with van der Waals surface area (Å²) in [5, 5.41) is 17.9. The molecule has 5 nitrogen and oxygen atoms in total. The highest BCUT2D eigenvalue weighted by Crippen LogP contribution is 2.14. The van der Waals surface area contributed by atoms with Crippen molar-refractivity contribution in [3.05, 3.63) is 23.5 Å². The molecule has 0 aliphatic heterocycles. The van der Waals surface area contributed by atoms with Crippen molar-refractivity contribution in [2.75, 3.05) is 13.2 Å². The molecule has 0 aliphatic rings. The Hall–Kier alpha value is -1.17. The quantitative estimate of drug-likeness (QED) is 0.568. The van der Waals surface area contributed by atoms with E-state index in [1.54, 1.807) is 12.1 Å². The van der Waals surface area contributed by atoms with Crippen molar-refractivity contribution in [3.8, 4) is 5.75 Å². The van der Waals surface area contributed by atoms with Crippen LogP contribution in [0.5, 0.6) is 5.75 Å². The standard InChI is InChI=1S/C10H16N2O3/c11-2-1-3-15-10-4-8(6-13)12-9(5-10)7-14/h4-5,13-14H,1-3,6-7,11H2. The van der Waals surface area contributed by atoms with Crippen LogP contribution < -0.4 is 10.5 Å². The van der Waals surface area contributed by atoms with Gasteiger partial charge in [0.15, 0.2) is 0 Å². The molecule has 0 atom stereocenters. The molecule has 0 amide bonds. The van der Waals surface area contributed by atoms with Gasteiger partial charge in [-0.15, -0.1) is 0 Å². The number of hydrogen-bond donors (Lipinski definition) is 3. The van der Waals surface area contributed by atoms with E-state index in [1.165, 1.54) is 0 Å². The van der Waals surface area contributed by atoms with Gasteiger partial charge in [-0.2, -0.15) is 0 Å². The fourth-order valence-electron chi connectivity index (χ4n) is 1.14. The molecule has 0 saturated carbocycles. The van der Waals surface area contributed by atoms with Crippen molar-refractivity contribution in [1.82, 2.24) is 4.98 Å². The maximum absolute atomic E-state index is 8.93. The topological polar surface area (TPSA) is 88.6 Å². The molecule has 5 heteroatoms. The Kier molecular flexibility index (Phi) is 5.03. The van der Waals surface area contributed by atoms with Gasteiger partial charge in [-0.1, -0.05) is 0 Å². The first-order valence-electron chi connectivity index (χ1n) is 4.84. The zero-order valence-electron chi connectivity index (χ0n) is 8.52. The van der Waals surface area contributed by atoms with Gasteiger partial charge in [-0.05, 0) is 13.0 Å². The number of aliphatic hydroxyl groups is 2. The maximum atomic E-state index is 8.93. The SMILES string of the molecule is NCCCOc1cc(CO)nc(CO)c1. The average molecular weight is 212 g/mol. The summed E-state index contributed by atoms with van der Waals surface area (Å²) in [5.41, 5.74) is 6.31. The van der Waals surface area contributed by atoms with Gasteiger partial charge in [0.05, 0.1) is 31.2 Å². The van der Waals surface area contributed by atoms with E-state index >= 15 is 0 Å². The van der Waals surface area contributed by atoms with E-state index in [9.17, 15) is 0 Å². The van der Waals surface area contributed by atoms with Crippen LogP contribution in [0, 0.1) is 0 Å². The Labute approximate surface area is 88.5 Å². The third-order valence-corrected chi connectivity index (χ3v) is 1.85. The number of ether oxygens (including phenoxy) is 1. The molecular weight excluding hydrogens is 196 g/mol. The summed E-state index contributed by atoms with van der Waals surface area (Å²) < 4.78 is 5.39. The van der Waals surface area contributed by atoms with E-state index < -0.39 is 0 Å². The fraction of sp³-hybridized carbons (Fsp3) is 0.500. The largest absolute Gasteiger partial charge is 0.493 e. The Morgan fingerprint density at radius 1 is 1.20 bits per heavy atom. The highest BCUT2D eigenvalue weighted by atomic mass is 16.5. The summed E-state index contributed by atoms with van der Waals surface area (Å²) in [6.07, 6.45) is 0.769. The second kappa shape index (κ2) is 6.34. The van der Waals surface area contributed by atoms with Crippen molar-refractivity contribution < 1.29 is 14.9 Å². The maximum Gasteiger partial charge on any atom is 0.123 e. The van der Waals surface area contributed by atoms with Crippen LogP contribution in [-0.2, 0) is 13.2 Å². The van der Waals surface area contributed by atoms with Gasteiger partial charge in [0, 0.05) is 12.1 Å². The van der Waals surface area contributed by atoms with Crippen molar-refractivity contribution in [2.24, 2.45) is 5.73 Å². The zero-order valence-corrected chi connectivity index (χ0v) is 8.52. The van der Waals surface area contributed by atoms with Gasteiger partial charge in [0.2, 0.25) is 0 Å². The van der Waals surface area contributed by atoms with E-state index in [0.717, 1.165) is 6.42 Å². The van der Waals surface area contributed by atoms with Crippen LogP contribution in [0.3, 0.4) is 0 Å². The third-order valence-electron chi connectivity index (χ3n) is 1.85. The van der Waals surface area contributed by atoms with Crippen molar-refractivity contribution in [1.29, 1.82) is 0 Å². The molecular formula is C10H16N2O3. The molecule has 0 saturated heterocycles. The van der Waals surface area contributed by atoms with Crippen LogP contribution >= 0.6 is 0 Å². The summed E-state index contributed by atoms with van der Waals surface area (Å²) in [4.78, 5) is 3.99. The molecule has 4 N–H and O–H groups in total. The van der Waals surface area contributed by atoms with Gasteiger partial charge >= 0.3 is 0 Å². The number of hydrogen-bond acceptors (Lipinski definition) is 5. The summed E-state index contributed by atoms with van der Waals surface area (Å²) in [5.74, 6) is 0.603. The molecule has 0 unspecified atom stereocenters. The minimum atomic E-state index is -0.166. The van der Waals surface area contributed by atoms with E-state index in [4.69, 9.17) is 20.7 Å². The van der Waals surface area contributed by atoms with Crippen LogP contribution in [0.2, 0.25) is 0 Å². The lowest BCUT2D eigenvalue weighted by Gasteiger charge is -2.08. The number of aromatic nitrogens is 1. The summed E-state index contributed by atoms with van der Waals surface area (Å²) in [6.45, 7) is 0.767. The molecule has 0 bridgehead atoms. The Morgan fingerprint density at radius 3 is 2.27 bits per heavy atom. The molecule has 0 fully saturated rings. The molecule has 1 rings (SSSR count). The second-order valence-corrected chi connectivity index (χ2v) is 3.09. The van der Waals surface area contributed by atoms with Crippen LogP contribution in [0.4, 0.5) is 0 Å². The first kappa shape index (κ1) is 11.9. The molecule has 15 heavy (non-hydrogen) atoms. The van der Waals surface area contributed by atoms with E-state index in [2.05, 4.69) is 4.98 Å². The minimum Gasteiger partial charge on any atom is -0.493 e. The normalized spacial score (nSPS) is 10.3. The van der Waals surface area contributed by atoms with Gasteiger partial charge < -0.3 is 20.7 Å². The Morgan fingerprint density at radius 2 is 1.80 bits per heavy atom. The lowest BCUT2D eigenvalue weighted by Crippen LogP contribution is -2.07. The predicted molar refractivity (Wildman–Crippen MR) is 55.2 cm³/mol. The van der Waals surface area contributed by atoms with Crippen LogP contribution in [-0.4, -0.2) is 28.3 Å². The monoisotopic (exact) mass is 212 g/mol. The summed E-state index contributed by atoms with van der Waals surface area (Å²) in [6, 6.07) is 3.30. The molecule has 0 spiro atoms. The van der Waals surface area contributed by atoms with Crippen LogP contribution in [0.1, 0.15) is 17.8 Å². The number of rotatable bonds is 6. The Bertz CT molecular complexity index is 282. The molecule has 84 valence electrons. The van der Waals surface area contributed by atoms with Crippen LogP contribution in [0.15, 0.2) is 12.1 Å². The first-order chi connectivity index (χ1) is 7.30. The van der Waals surface area contributed by atoms with Crippen molar-refractivity contribution in [2.45, 2.75) is 19.6 Å². The smallest absolute Gasteiger partial charge is 0.123 e. The molecule has 0 radical (unpaired) electrons. The highest BCUT2D eigenvalue weighted by Gasteiger charge is 2.02. The minimum absolute atomic E-state index is 0.166. The van der Waals surface area contributed by atoms with Gasteiger partial charge in [0.1, 0.15) is 5.75 Å². The van der Waals surface area contributed by atoms with Gasteiger partial charge in [-0.3, -0.25) is 4.98 Å². The molecule has 0 aromatic carbocycles. The highest BCUT2D eigenvalue weighted by molar-refractivity contribution is 5.26. The average Bonchev–Trinajstić information content (AvgIpc) is 2.29. The van der Waals surface area contributed by atoms with E-state index in [-0.39, 0.29) is 13.2 Å². The first-order valence-corrected chi connectivity index (χ1v) is 4.84. The fourth-order valence-corrected chi connectivity index (χ4v) is 1.14. The molecule has 1 heterocycles. The second-order valence-electron chi connectivity index (χ2n) is 3.09. The van der Waals surface area contributed by atoms with Gasteiger partial charge in [0.25, 0.3) is 0 Å². The van der Waals surface area contributed by atoms with E-state index in [1.807, 2.05) is 0 Å². The Balaban J connectivity index is 2.68. The predicted octanol–water partition coefficient (Wildman–Crippen LogP) is -0.206. The van der Waals surface area contributed by atoms with Crippen molar-refractivity contribution in [3.63, 3.8) is 0 Å². The number of nitrogens with two attached hydrogens (primary N) is 1. The lowest BCUT2D eigenvalue weighted by molar-refractivity contribution is 0.261. The third kappa shape index (κ3) is 3.83. The van der Waals surface area contributed by atoms with Gasteiger partial charge in [-0.25, -0.2) is 0 Å². The molecule has 0 aliphatic carbocycles. The summed E-state index contributed by atoms with van der Waals surface area (Å²) >= 11 is 0. The van der Waals surface area contributed by atoms with E-state index in [0.29, 0.717) is 30.3 Å². The molecule has 1 aromatic rings. The summed E-state index contributed by atoms with van der Waals surface area (Å²) in [7, 11) is 0. The zero-order chi connectivity index (χ0) is 11.1. The molecule has 1 aromatic heterocycles. The van der Waals surface area contributed by atoms with Crippen molar-refractivity contribution >= 4 is 0 Å². The number of pyridine rings is 1. The number of nitrogens with zero attached hydrogens (tertiary/aromatic N) is 1.